The predicted molar refractivity (Wildman–Crippen MR) is 205 cm³/mol. The lowest BCUT2D eigenvalue weighted by Gasteiger charge is -2.27. The van der Waals surface area contributed by atoms with Crippen LogP contribution in [0.1, 0.15) is 43.2 Å². The highest BCUT2D eigenvalue weighted by molar-refractivity contribution is 7.98. The summed E-state index contributed by atoms with van der Waals surface area (Å²) in [6.07, 6.45) is -1.01. The van der Waals surface area contributed by atoms with Crippen LogP contribution in [0.4, 0.5) is 0 Å². The van der Waals surface area contributed by atoms with Gasteiger partial charge in [-0.1, -0.05) is 42.5 Å². The van der Waals surface area contributed by atoms with Crippen molar-refractivity contribution in [3.63, 3.8) is 0 Å². The van der Waals surface area contributed by atoms with E-state index in [4.69, 9.17) is 22.3 Å². The van der Waals surface area contributed by atoms with Gasteiger partial charge in [-0.05, 0) is 48.1 Å². The van der Waals surface area contributed by atoms with Gasteiger partial charge < -0.3 is 59.1 Å². The molecule has 0 aromatic heterocycles. The summed E-state index contributed by atoms with van der Waals surface area (Å²) in [5.74, 6) is -9.42. The third-order valence-electron chi connectivity index (χ3n) is 8.23. The first-order valence-electron chi connectivity index (χ1n) is 17.5. The normalized spacial score (nSPS) is 13.9. The standard InChI is InChI=1S/C36H48N8O12S/c1-57-14-13-24(33(52)44-27(36(55)56)16-20-7-9-21(45)10-8-20)41-32(51)23(11-12-28(38)46)40-35(54)26(18-29(39)47)43-34(53)25(15-19-5-3-2-4-6-19)42-31(50)22(37)17-30(48)49/h2-10,22-27,45H,11-18,37H2,1H3,(H2,38,46)(H2,39,47)(H,40,54)(H,41,51)(H,42,50)(H,43,53)(H,44,52)(H,48,49)(H,55,56)/t22-,23-,24-,25-,26-,27-/m0/s1. The van der Waals surface area contributed by atoms with Crippen molar-refractivity contribution in [2.24, 2.45) is 17.2 Å². The summed E-state index contributed by atoms with van der Waals surface area (Å²) in [6, 6.07) is 4.78. The van der Waals surface area contributed by atoms with E-state index in [2.05, 4.69) is 26.6 Å². The van der Waals surface area contributed by atoms with Crippen molar-refractivity contribution in [3.05, 3.63) is 65.7 Å². The number of aromatic hydroxyl groups is 1. The molecule has 0 saturated heterocycles. The summed E-state index contributed by atoms with van der Waals surface area (Å²) in [4.78, 5) is 114. The number of carbonyl (C=O) groups is 9. The van der Waals surface area contributed by atoms with Gasteiger partial charge in [-0.3, -0.25) is 38.4 Å². The highest BCUT2D eigenvalue weighted by Crippen LogP contribution is 2.13. The molecule has 20 nitrogen and oxygen atoms in total. The number of phenolic OH excluding ortho intramolecular Hbond substituents is 1. The number of hydrogen-bond acceptors (Lipinski definition) is 12. The number of thioether (sulfide) groups is 1. The van der Waals surface area contributed by atoms with E-state index in [-0.39, 0.29) is 25.0 Å². The van der Waals surface area contributed by atoms with Crippen LogP contribution in [-0.4, -0.2) is 117 Å². The maximum Gasteiger partial charge on any atom is 0.326 e. The number of benzene rings is 2. The molecule has 0 bridgehead atoms. The van der Waals surface area contributed by atoms with Gasteiger partial charge >= 0.3 is 11.9 Å². The highest BCUT2D eigenvalue weighted by Gasteiger charge is 2.34. The topological polar surface area (TPSA) is 353 Å². The number of nitrogens with one attached hydrogen (secondary N) is 5. The van der Waals surface area contributed by atoms with E-state index in [9.17, 15) is 53.4 Å². The molecule has 0 aliphatic carbocycles. The molecule has 2 aromatic rings. The van der Waals surface area contributed by atoms with Crippen molar-refractivity contribution >= 4 is 65.1 Å². The van der Waals surface area contributed by atoms with E-state index < -0.39 is 115 Å². The summed E-state index contributed by atoms with van der Waals surface area (Å²) in [7, 11) is 0. The Kier molecular flexibility index (Phi) is 19.5. The van der Waals surface area contributed by atoms with Crippen LogP contribution < -0.4 is 43.8 Å². The lowest BCUT2D eigenvalue weighted by Crippen LogP contribution is -2.60. The van der Waals surface area contributed by atoms with Crippen LogP contribution in [0.3, 0.4) is 0 Å². The lowest BCUT2D eigenvalue weighted by molar-refractivity contribution is -0.142. The number of rotatable bonds is 25. The molecule has 0 unspecified atom stereocenters. The summed E-state index contributed by atoms with van der Waals surface area (Å²) in [5, 5.41) is 40.3. The van der Waals surface area contributed by atoms with E-state index >= 15 is 0 Å². The zero-order valence-electron chi connectivity index (χ0n) is 31.0. The van der Waals surface area contributed by atoms with Crippen molar-refractivity contribution in [1.29, 1.82) is 0 Å². The number of carbonyl (C=O) groups excluding carboxylic acids is 7. The fraction of sp³-hybridized carbons (Fsp3) is 0.417. The minimum Gasteiger partial charge on any atom is -0.508 e. The van der Waals surface area contributed by atoms with Crippen molar-refractivity contribution in [1.82, 2.24) is 26.6 Å². The maximum absolute atomic E-state index is 13.7. The first kappa shape index (κ1) is 46.9. The second kappa shape index (κ2) is 23.6. The second-order valence-corrected chi connectivity index (χ2v) is 13.9. The quantitative estimate of drug-likeness (QED) is 0.0489. The molecule has 21 heteroatoms. The third-order valence-corrected chi connectivity index (χ3v) is 8.88. The molecule has 310 valence electrons. The molecule has 6 atom stereocenters. The van der Waals surface area contributed by atoms with E-state index in [0.29, 0.717) is 16.9 Å². The van der Waals surface area contributed by atoms with Crippen molar-refractivity contribution in [3.8, 4) is 5.75 Å². The fourth-order valence-corrected chi connectivity index (χ4v) is 5.72. The van der Waals surface area contributed by atoms with Crippen LogP contribution in [0.15, 0.2) is 54.6 Å². The van der Waals surface area contributed by atoms with E-state index in [1.165, 1.54) is 36.0 Å². The van der Waals surface area contributed by atoms with Gasteiger partial charge in [-0.25, -0.2) is 4.79 Å². The average Bonchev–Trinajstić information content (AvgIpc) is 3.14. The molecule has 0 aliphatic heterocycles. The van der Waals surface area contributed by atoms with Crippen LogP contribution in [-0.2, 0) is 56.0 Å². The predicted octanol–water partition coefficient (Wildman–Crippen LogP) is -2.62. The van der Waals surface area contributed by atoms with Gasteiger partial charge in [0.15, 0.2) is 0 Å². The number of phenols is 1. The monoisotopic (exact) mass is 816 g/mol. The molecule has 14 N–H and O–H groups in total. The Morgan fingerprint density at radius 1 is 0.596 bits per heavy atom. The van der Waals surface area contributed by atoms with Crippen LogP contribution in [0.2, 0.25) is 0 Å². The van der Waals surface area contributed by atoms with Crippen molar-refractivity contribution in [2.75, 3.05) is 12.0 Å². The fourth-order valence-electron chi connectivity index (χ4n) is 5.25. The van der Waals surface area contributed by atoms with E-state index in [1.807, 2.05) is 0 Å². The molecule has 0 saturated carbocycles. The van der Waals surface area contributed by atoms with Gasteiger partial charge in [0.25, 0.3) is 0 Å². The minimum absolute atomic E-state index is 0.00573. The maximum atomic E-state index is 13.7. The van der Waals surface area contributed by atoms with Crippen LogP contribution in [0.25, 0.3) is 0 Å². The number of hydrogen-bond donors (Lipinski definition) is 11. The van der Waals surface area contributed by atoms with Gasteiger partial charge in [0.05, 0.1) is 18.9 Å². The molecule has 2 aromatic carbocycles. The van der Waals surface area contributed by atoms with Gasteiger partial charge in [0.2, 0.25) is 41.4 Å². The van der Waals surface area contributed by atoms with Crippen molar-refractivity contribution < 1.29 is 58.5 Å². The first-order valence-corrected chi connectivity index (χ1v) is 18.9. The smallest absolute Gasteiger partial charge is 0.326 e. The van der Waals surface area contributed by atoms with Crippen LogP contribution in [0.5, 0.6) is 5.75 Å². The first-order chi connectivity index (χ1) is 26.9. The zero-order chi connectivity index (χ0) is 42.7. The number of amides is 7. The molecule has 0 aliphatic rings. The Balaban J connectivity index is 2.33. The van der Waals surface area contributed by atoms with Crippen LogP contribution >= 0.6 is 11.8 Å². The Hall–Kier alpha value is -6.22. The van der Waals surface area contributed by atoms with Gasteiger partial charge in [-0.2, -0.15) is 11.8 Å². The molecule has 0 heterocycles. The van der Waals surface area contributed by atoms with Crippen molar-refractivity contribution in [2.45, 2.75) is 81.2 Å². The second-order valence-electron chi connectivity index (χ2n) is 12.9. The van der Waals surface area contributed by atoms with Gasteiger partial charge in [0.1, 0.15) is 36.0 Å². The highest BCUT2D eigenvalue weighted by atomic mass is 32.2. The Morgan fingerprint density at radius 2 is 1.07 bits per heavy atom. The average molecular weight is 817 g/mol. The van der Waals surface area contributed by atoms with E-state index in [1.54, 1.807) is 36.6 Å². The lowest BCUT2D eigenvalue weighted by atomic mass is 10.0. The summed E-state index contributed by atoms with van der Waals surface area (Å²) < 4.78 is 0. The largest absolute Gasteiger partial charge is 0.508 e. The minimum atomic E-state index is -1.76. The number of carboxylic acids is 2. The molecular weight excluding hydrogens is 769 g/mol. The molecule has 57 heavy (non-hydrogen) atoms. The van der Waals surface area contributed by atoms with Crippen LogP contribution in [0, 0.1) is 0 Å². The summed E-state index contributed by atoms with van der Waals surface area (Å²) >= 11 is 1.32. The number of carboxylic acid groups (broad SMARTS) is 2. The Labute approximate surface area is 331 Å². The molecule has 2 rings (SSSR count). The number of nitrogens with two attached hydrogens (primary N) is 3. The molecular formula is C36H48N8O12S. The zero-order valence-corrected chi connectivity index (χ0v) is 31.8. The number of primary amides is 2. The molecule has 0 fully saturated rings. The molecule has 0 spiro atoms. The Morgan fingerprint density at radius 3 is 1.60 bits per heavy atom. The summed E-state index contributed by atoms with van der Waals surface area (Å²) in [6.45, 7) is 0. The third kappa shape index (κ3) is 17.4. The Bertz CT molecular complexity index is 1750. The van der Waals surface area contributed by atoms with E-state index in [0.717, 1.165) is 0 Å². The molecule has 0 radical (unpaired) electrons. The SMILES string of the molecule is CSCC[C@H](NC(=O)[C@H](CCC(N)=O)NC(=O)[C@H](CC(N)=O)NC(=O)[C@H](Cc1ccccc1)NC(=O)[C@@H](N)CC(=O)O)C(=O)N[C@@H](Cc1ccc(O)cc1)C(=O)O. The van der Waals surface area contributed by atoms with Gasteiger partial charge in [0, 0.05) is 19.3 Å². The molecule has 7 amide bonds. The number of aliphatic carboxylic acids is 2. The summed E-state index contributed by atoms with van der Waals surface area (Å²) in [5.41, 5.74) is 17.4. The van der Waals surface area contributed by atoms with Gasteiger partial charge in [-0.15, -0.1) is 0 Å².